The van der Waals surface area contributed by atoms with E-state index in [2.05, 4.69) is 5.32 Å². The summed E-state index contributed by atoms with van der Waals surface area (Å²) in [5.74, 6) is 0.208. The number of nitrogens with one attached hydrogen (secondary N) is 1. The van der Waals surface area contributed by atoms with E-state index >= 15 is 0 Å². The Kier molecular flexibility index (Phi) is 6.83. The van der Waals surface area contributed by atoms with Crippen LogP contribution >= 0.6 is 0 Å². The van der Waals surface area contributed by atoms with Crippen molar-refractivity contribution in [2.75, 3.05) is 25.1 Å². The minimum atomic E-state index is -0.400. The first-order valence-corrected chi connectivity index (χ1v) is 8.06. The van der Waals surface area contributed by atoms with E-state index in [1.165, 1.54) is 0 Å². The number of carbonyl (C=O) groups is 2. The number of anilines is 1. The Balaban J connectivity index is 1.98. The highest BCUT2D eigenvalue weighted by molar-refractivity contribution is 5.82. The molecule has 6 heteroatoms. The lowest BCUT2D eigenvalue weighted by atomic mass is 10.2. The summed E-state index contributed by atoms with van der Waals surface area (Å²) < 4.78 is 5.14. The van der Waals surface area contributed by atoms with Gasteiger partial charge >= 0.3 is 0 Å². The third-order valence-corrected chi connectivity index (χ3v) is 3.73. The van der Waals surface area contributed by atoms with Crippen molar-refractivity contribution in [3.05, 3.63) is 60.2 Å². The molecule has 0 atom stereocenters. The van der Waals surface area contributed by atoms with Crippen molar-refractivity contribution in [1.29, 1.82) is 0 Å². The number of hydrogen-bond donors (Lipinski definition) is 2. The number of methoxy groups -OCH3 is 1. The van der Waals surface area contributed by atoms with Gasteiger partial charge in [0.05, 0.1) is 13.7 Å². The summed E-state index contributed by atoms with van der Waals surface area (Å²) in [6.07, 6.45) is 0.179. The highest BCUT2D eigenvalue weighted by Gasteiger charge is 2.13. The van der Waals surface area contributed by atoms with Gasteiger partial charge < -0.3 is 20.7 Å². The van der Waals surface area contributed by atoms with Gasteiger partial charge in [-0.05, 0) is 29.8 Å². The smallest absolute Gasteiger partial charge is 0.239 e. The van der Waals surface area contributed by atoms with E-state index in [9.17, 15) is 9.59 Å². The van der Waals surface area contributed by atoms with Gasteiger partial charge in [0.25, 0.3) is 0 Å². The molecular weight excluding hydrogens is 318 g/mol. The zero-order valence-corrected chi connectivity index (χ0v) is 14.3. The number of amides is 2. The van der Waals surface area contributed by atoms with Crippen LogP contribution in [-0.4, -0.2) is 32.0 Å². The van der Waals surface area contributed by atoms with Gasteiger partial charge in [-0.3, -0.25) is 9.59 Å². The summed E-state index contributed by atoms with van der Waals surface area (Å²) in [5.41, 5.74) is 7.11. The first kappa shape index (κ1) is 18.3. The molecular formula is C19H23N3O3. The van der Waals surface area contributed by atoms with Gasteiger partial charge in [-0.25, -0.2) is 0 Å². The highest BCUT2D eigenvalue weighted by atomic mass is 16.5. The highest BCUT2D eigenvalue weighted by Crippen LogP contribution is 2.19. The van der Waals surface area contributed by atoms with Crippen LogP contribution < -0.4 is 20.7 Å². The summed E-state index contributed by atoms with van der Waals surface area (Å²) in [6.45, 7) is 0.985. The molecule has 0 spiro atoms. The van der Waals surface area contributed by atoms with E-state index in [0.29, 0.717) is 13.1 Å². The van der Waals surface area contributed by atoms with Crippen LogP contribution in [0.2, 0.25) is 0 Å². The molecule has 2 amide bonds. The SMILES string of the molecule is COc1ccc(N(CCC(N)=O)CC(=O)NCc2ccccc2)cc1. The van der Waals surface area contributed by atoms with Crippen LogP contribution in [0.1, 0.15) is 12.0 Å². The maximum atomic E-state index is 12.3. The Morgan fingerprint density at radius 3 is 2.36 bits per heavy atom. The Labute approximate surface area is 147 Å². The molecule has 2 rings (SSSR count). The van der Waals surface area contributed by atoms with Crippen LogP contribution in [-0.2, 0) is 16.1 Å². The number of carbonyl (C=O) groups excluding carboxylic acids is 2. The van der Waals surface area contributed by atoms with Crippen LogP contribution in [0.3, 0.4) is 0 Å². The molecule has 0 fully saturated rings. The molecule has 0 saturated heterocycles. The molecule has 3 N–H and O–H groups in total. The summed E-state index contributed by atoms with van der Waals surface area (Å²) in [6, 6.07) is 17.0. The Hall–Kier alpha value is -3.02. The van der Waals surface area contributed by atoms with Gasteiger partial charge in [-0.15, -0.1) is 0 Å². The van der Waals surface area contributed by atoms with E-state index < -0.39 is 5.91 Å². The number of nitrogens with two attached hydrogens (primary N) is 1. The topological polar surface area (TPSA) is 84.7 Å². The van der Waals surface area contributed by atoms with Crippen LogP contribution in [0.15, 0.2) is 54.6 Å². The number of nitrogens with zero attached hydrogens (tertiary/aromatic N) is 1. The van der Waals surface area contributed by atoms with E-state index in [4.69, 9.17) is 10.5 Å². The molecule has 0 bridgehead atoms. The molecule has 0 saturated carbocycles. The van der Waals surface area contributed by atoms with Crippen LogP contribution in [0.4, 0.5) is 5.69 Å². The Morgan fingerprint density at radius 1 is 1.08 bits per heavy atom. The van der Waals surface area contributed by atoms with Gasteiger partial charge in [0.2, 0.25) is 11.8 Å². The first-order valence-electron chi connectivity index (χ1n) is 8.06. The molecule has 2 aromatic rings. The molecule has 0 unspecified atom stereocenters. The van der Waals surface area contributed by atoms with Crippen molar-refractivity contribution in [3.63, 3.8) is 0 Å². The first-order chi connectivity index (χ1) is 12.1. The number of ether oxygens (including phenoxy) is 1. The Bertz CT molecular complexity index is 687. The average Bonchev–Trinajstić information content (AvgIpc) is 2.64. The molecule has 0 aliphatic carbocycles. The molecule has 6 nitrogen and oxygen atoms in total. The molecule has 132 valence electrons. The van der Waals surface area contributed by atoms with E-state index in [1.807, 2.05) is 59.5 Å². The summed E-state index contributed by atoms with van der Waals surface area (Å²) in [5, 5.41) is 2.89. The third-order valence-electron chi connectivity index (χ3n) is 3.73. The number of hydrogen-bond acceptors (Lipinski definition) is 4. The lowest BCUT2D eigenvalue weighted by molar-refractivity contribution is -0.120. The van der Waals surface area contributed by atoms with Crippen molar-refractivity contribution < 1.29 is 14.3 Å². The lowest BCUT2D eigenvalue weighted by Gasteiger charge is -2.24. The molecule has 0 aliphatic rings. The van der Waals surface area contributed by atoms with Crippen LogP contribution in [0.5, 0.6) is 5.75 Å². The fraction of sp³-hybridized carbons (Fsp3) is 0.263. The van der Waals surface area contributed by atoms with Crippen molar-refractivity contribution in [2.45, 2.75) is 13.0 Å². The molecule has 0 aliphatic heterocycles. The van der Waals surface area contributed by atoms with E-state index in [-0.39, 0.29) is 18.9 Å². The van der Waals surface area contributed by atoms with Gasteiger partial charge in [0.1, 0.15) is 5.75 Å². The third kappa shape index (κ3) is 6.18. The molecule has 0 radical (unpaired) electrons. The fourth-order valence-corrected chi connectivity index (χ4v) is 2.36. The zero-order chi connectivity index (χ0) is 18.1. The normalized spacial score (nSPS) is 10.1. The van der Waals surface area contributed by atoms with Crippen molar-refractivity contribution in [3.8, 4) is 5.75 Å². The standard InChI is InChI=1S/C19H23N3O3/c1-25-17-9-7-16(8-10-17)22(12-11-18(20)23)14-19(24)21-13-15-5-3-2-4-6-15/h2-10H,11-14H2,1H3,(H2,20,23)(H,21,24). The molecule has 0 heterocycles. The minimum absolute atomic E-state index is 0.121. The quantitative estimate of drug-likeness (QED) is 0.727. The predicted octanol–water partition coefficient (Wildman–Crippen LogP) is 1.69. The molecule has 25 heavy (non-hydrogen) atoms. The van der Waals surface area contributed by atoms with Gasteiger partial charge in [0.15, 0.2) is 0 Å². The Morgan fingerprint density at radius 2 is 1.76 bits per heavy atom. The number of benzene rings is 2. The van der Waals surface area contributed by atoms with Crippen molar-refractivity contribution >= 4 is 17.5 Å². The van der Waals surface area contributed by atoms with Gasteiger partial charge in [-0.2, -0.15) is 0 Å². The van der Waals surface area contributed by atoms with Crippen molar-refractivity contribution in [1.82, 2.24) is 5.32 Å². The summed E-state index contributed by atoms with van der Waals surface area (Å²) in [7, 11) is 1.59. The predicted molar refractivity (Wildman–Crippen MR) is 97.3 cm³/mol. The fourth-order valence-electron chi connectivity index (χ4n) is 2.36. The largest absolute Gasteiger partial charge is 0.497 e. The van der Waals surface area contributed by atoms with Crippen LogP contribution in [0, 0.1) is 0 Å². The minimum Gasteiger partial charge on any atom is -0.497 e. The zero-order valence-electron chi connectivity index (χ0n) is 14.3. The monoisotopic (exact) mass is 341 g/mol. The van der Waals surface area contributed by atoms with Crippen molar-refractivity contribution in [2.24, 2.45) is 5.73 Å². The number of primary amides is 1. The average molecular weight is 341 g/mol. The summed E-state index contributed by atoms with van der Waals surface area (Å²) in [4.78, 5) is 25.2. The summed E-state index contributed by atoms with van der Waals surface area (Å²) >= 11 is 0. The maximum Gasteiger partial charge on any atom is 0.239 e. The lowest BCUT2D eigenvalue weighted by Crippen LogP contribution is -2.38. The molecule has 0 aromatic heterocycles. The van der Waals surface area contributed by atoms with Gasteiger partial charge in [0, 0.05) is 25.2 Å². The van der Waals surface area contributed by atoms with Crippen LogP contribution in [0.25, 0.3) is 0 Å². The number of rotatable bonds is 9. The second kappa shape index (κ2) is 9.32. The second-order valence-corrected chi connectivity index (χ2v) is 5.60. The van der Waals surface area contributed by atoms with E-state index in [1.54, 1.807) is 7.11 Å². The maximum absolute atomic E-state index is 12.3. The van der Waals surface area contributed by atoms with Gasteiger partial charge in [-0.1, -0.05) is 30.3 Å². The second-order valence-electron chi connectivity index (χ2n) is 5.60. The molecule has 2 aromatic carbocycles. The van der Waals surface area contributed by atoms with E-state index in [0.717, 1.165) is 17.0 Å².